The van der Waals surface area contributed by atoms with Crippen LogP contribution in [-0.4, -0.2) is 78.3 Å². The van der Waals surface area contributed by atoms with Crippen LogP contribution in [0.4, 0.5) is 5.95 Å². The van der Waals surface area contributed by atoms with Crippen LogP contribution in [0.15, 0.2) is 9.79 Å². The highest BCUT2D eigenvalue weighted by Crippen LogP contribution is 2.29. The first-order valence-corrected chi connectivity index (χ1v) is 11.1. The first kappa shape index (κ1) is 23.3. The third-order valence-corrected chi connectivity index (χ3v) is 5.42. The van der Waals surface area contributed by atoms with E-state index in [2.05, 4.69) is 44.0 Å². The number of ether oxygens (including phenoxy) is 1. The maximum Gasteiger partial charge on any atom is 0.282 e. The smallest absolute Gasteiger partial charge is 0.282 e. The molecule has 0 bridgehead atoms. The average Bonchev–Trinajstić information content (AvgIpc) is 3.35. The van der Waals surface area contributed by atoms with Crippen molar-refractivity contribution < 1.29 is 14.9 Å². The van der Waals surface area contributed by atoms with E-state index >= 15 is 0 Å². The van der Waals surface area contributed by atoms with Crippen LogP contribution in [-0.2, 0) is 4.74 Å². The van der Waals surface area contributed by atoms with Crippen LogP contribution < -0.4 is 5.56 Å². The molecule has 3 heterocycles. The fourth-order valence-corrected chi connectivity index (χ4v) is 3.61. The van der Waals surface area contributed by atoms with Crippen LogP contribution in [0.25, 0.3) is 11.2 Å². The van der Waals surface area contributed by atoms with Crippen molar-refractivity contribution in [1.29, 1.82) is 0 Å². The van der Waals surface area contributed by atoms with Crippen molar-refractivity contribution >= 4 is 23.5 Å². The van der Waals surface area contributed by atoms with Gasteiger partial charge in [-0.3, -0.25) is 9.78 Å². The third kappa shape index (κ3) is 5.86. The van der Waals surface area contributed by atoms with Gasteiger partial charge >= 0.3 is 0 Å². The number of H-pyrrole nitrogens is 1. The van der Waals surface area contributed by atoms with E-state index in [1.54, 1.807) is 6.34 Å². The summed E-state index contributed by atoms with van der Waals surface area (Å²) in [5, 5.41) is 27.2. The molecular weight excluding hydrogens is 402 g/mol. The number of fused-ring (bicyclic) bond motifs is 1. The molecular formula is C20H33N7O4. The van der Waals surface area contributed by atoms with Crippen molar-refractivity contribution in [3.8, 4) is 0 Å². The van der Waals surface area contributed by atoms with Gasteiger partial charge in [-0.1, -0.05) is 44.7 Å². The zero-order chi connectivity index (χ0) is 22.2. The van der Waals surface area contributed by atoms with E-state index in [4.69, 9.17) is 4.74 Å². The van der Waals surface area contributed by atoms with Gasteiger partial charge in [0.05, 0.1) is 19.0 Å². The van der Waals surface area contributed by atoms with Crippen molar-refractivity contribution in [3.05, 3.63) is 10.4 Å². The molecule has 0 aromatic carbocycles. The molecule has 1 aliphatic rings. The minimum Gasteiger partial charge on any atom is -0.394 e. The number of hydrogen-bond acceptors (Lipinski definition) is 8. The fourth-order valence-electron chi connectivity index (χ4n) is 3.61. The monoisotopic (exact) mass is 435 g/mol. The number of aromatic amines is 1. The Morgan fingerprint density at radius 2 is 1.97 bits per heavy atom. The molecule has 11 heteroatoms. The topological polar surface area (TPSA) is 142 Å². The Bertz CT molecular complexity index is 903. The molecule has 1 fully saturated rings. The lowest BCUT2D eigenvalue weighted by molar-refractivity contribution is -0.0476. The normalized spacial score (nSPS) is 21.5. The van der Waals surface area contributed by atoms with Crippen molar-refractivity contribution in [3.63, 3.8) is 0 Å². The van der Waals surface area contributed by atoms with E-state index in [9.17, 15) is 15.0 Å². The van der Waals surface area contributed by atoms with Crippen molar-refractivity contribution in [1.82, 2.24) is 29.9 Å². The van der Waals surface area contributed by atoms with Gasteiger partial charge in [-0.25, -0.2) is 4.99 Å². The standard InChI is InChI=1S/C20H33N7O4/c1-3-5-7-9-26(10-8-6-4-2)13-21-20-22-18-17(19(30)23-20)24-25-27(18)16-11-14(29)15(12-28)31-16/h13-16,28-29H,3-12H2,1-2H3,(H,22,23,30)/t14-,15+,16-/m0/s1. The number of aliphatic hydroxyl groups excluding tert-OH is 2. The highest BCUT2D eigenvalue weighted by molar-refractivity contribution is 5.70. The second kappa shape index (κ2) is 11.3. The quantitative estimate of drug-likeness (QED) is 0.259. The second-order valence-electron chi connectivity index (χ2n) is 7.91. The number of nitrogens with zero attached hydrogens (tertiary/aromatic N) is 6. The minimum absolute atomic E-state index is 0.0761. The summed E-state index contributed by atoms with van der Waals surface area (Å²) in [5.41, 5.74) is -0.133. The molecule has 0 aliphatic carbocycles. The van der Waals surface area contributed by atoms with Gasteiger partial charge in [-0.2, -0.15) is 9.67 Å². The molecule has 1 aliphatic heterocycles. The summed E-state index contributed by atoms with van der Waals surface area (Å²) < 4.78 is 6.99. The molecule has 2 aromatic heterocycles. The molecule has 0 unspecified atom stereocenters. The number of unbranched alkanes of at least 4 members (excludes halogenated alkanes) is 4. The maximum atomic E-state index is 12.4. The molecule has 1 saturated heterocycles. The molecule has 2 aromatic rings. The van der Waals surface area contributed by atoms with Gasteiger partial charge < -0.3 is 19.8 Å². The molecule has 3 atom stereocenters. The number of hydrogen-bond donors (Lipinski definition) is 3. The number of aromatic nitrogens is 5. The predicted octanol–water partition coefficient (Wildman–Crippen LogP) is 1.50. The molecule has 0 spiro atoms. The van der Waals surface area contributed by atoms with Gasteiger partial charge in [0.2, 0.25) is 5.95 Å². The maximum absolute atomic E-state index is 12.4. The second-order valence-corrected chi connectivity index (χ2v) is 7.91. The minimum atomic E-state index is -0.825. The summed E-state index contributed by atoms with van der Waals surface area (Å²) in [5.74, 6) is 0.161. The molecule has 0 saturated carbocycles. The van der Waals surface area contributed by atoms with Crippen molar-refractivity contribution in [2.75, 3.05) is 19.7 Å². The van der Waals surface area contributed by atoms with Crippen LogP contribution in [0.5, 0.6) is 0 Å². The zero-order valence-corrected chi connectivity index (χ0v) is 18.3. The van der Waals surface area contributed by atoms with Gasteiger partial charge in [0.1, 0.15) is 6.10 Å². The summed E-state index contributed by atoms with van der Waals surface area (Å²) in [6.45, 7) is 5.85. The van der Waals surface area contributed by atoms with Crippen molar-refractivity contribution in [2.24, 2.45) is 4.99 Å². The molecule has 0 radical (unpaired) electrons. The molecule has 31 heavy (non-hydrogen) atoms. The predicted molar refractivity (Wildman–Crippen MR) is 116 cm³/mol. The van der Waals surface area contributed by atoms with E-state index in [1.165, 1.54) is 4.68 Å². The van der Waals surface area contributed by atoms with Crippen LogP contribution in [0, 0.1) is 0 Å². The first-order chi connectivity index (χ1) is 15.1. The summed E-state index contributed by atoms with van der Waals surface area (Å²) in [6, 6.07) is 0. The van der Waals surface area contributed by atoms with E-state index in [-0.39, 0.29) is 30.1 Å². The lowest BCUT2D eigenvalue weighted by Gasteiger charge is -2.19. The Balaban J connectivity index is 1.80. The van der Waals surface area contributed by atoms with Crippen molar-refractivity contribution in [2.45, 2.75) is 77.2 Å². The number of nitrogens with one attached hydrogen (secondary N) is 1. The van der Waals surface area contributed by atoms with E-state index in [1.807, 2.05) is 0 Å². The van der Waals surface area contributed by atoms with Crippen LogP contribution in [0.3, 0.4) is 0 Å². The highest BCUT2D eigenvalue weighted by atomic mass is 16.5. The Hall–Kier alpha value is -2.37. The van der Waals surface area contributed by atoms with E-state index < -0.39 is 24.0 Å². The Kier molecular flexibility index (Phi) is 8.50. The van der Waals surface area contributed by atoms with Gasteiger partial charge in [0.25, 0.3) is 5.56 Å². The number of rotatable bonds is 12. The third-order valence-electron chi connectivity index (χ3n) is 5.42. The summed E-state index contributed by atoms with van der Waals surface area (Å²) >= 11 is 0. The van der Waals surface area contributed by atoms with Gasteiger partial charge in [-0.15, -0.1) is 5.10 Å². The largest absolute Gasteiger partial charge is 0.394 e. The lowest BCUT2D eigenvalue weighted by atomic mass is 10.2. The molecule has 0 amide bonds. The Morgan fingerprint density at radius 1 is 1.26 bits per heavy atom. The first-order valence-electron chi connectivity index (χ1n) is 11.1. The Morgan fingerprint density at radius 3 is 2.58 bits per heavy atom. The van der Waals surface area contributed by atoms with Crippen LogP contribution in [0.1, 0.15) is 65.0 Å². The van der Waals surface area contributed by atoms with Gasteiger partial charge in [-0.05, 0) is 12.8 Å². The van der Waals surface area contributed by atoms with Crippen LogP contribution in [0.2, 0.25) is 0 Å². The summed E-state index contributed by atoms with van der Waals surface area (Å²) in [6.07, 6.45) is 6.55. The zero-order valence-electron chi connectivity index (χ0n) is 18.3. The number of aliphatic imine (C=N–C) groups is 1. The molecule has 3 N–H and O–H groups in total. The highest BCUT2D eigenvalue weighted by Gasteiger charge is 2.36. The lowest BCUT2D eigenvalue weighted by Crippen LogP contribution is -2.24. The molecule has 11 nitrogen and oxygen atoms in total. The summed E-state index contributed by atoms with van der Waals surface area (Å²) in [7, 11) is 0. The number of aliphatic hydroxyl groups is 2. The average molecular weight is 436 g/mol. The molecule has 172 valence electrons. The fraction of sp³-hybridized carbons (Fsp3) is 0.750. The Labute approximate surface area is 181 Å². The van der Waals surface area contributed by atoms with Gasteiger partial charge in [0.15, 0.2) is 17.4 Å². The van der Waals surface area contributed by atoms with E-state index in [0.29, 0.717) is 0 Å². The molecule has 3 rings (SSSR count). The van der Waals surface area contributed by atoms with E-state index in [0.717, 1.165) is 51.6 Å². The SMILES string of the molecule is CCCCCN(C=Nc1nc2c(nnn2[C@@H]2C[C@H](O)[C@@H](CO)O2)c(=O)[nH]1)CCCCC. The van der Waals surface area contributed by atoms with Crippen LogP contribution >= 0.6 is 0 Å². The summed E-state index contributed by atoms with van der Waals surface area (Å²) in [4.78, 5) is 26.1. The van der Waals surface area contributed by atoms with Gasteiger partial charge in [0, 0.05) is 19.5 Å².